The molecule has 3 N–H and O–H groups in total. The van der Waals surface area contributed by atoms with Crippen molar-refractivity contribution in [1.29, 1.82) is 0 Å². The minimum Gasteiger partial charge on any atom is -0.384 e. The predicted octanol–water partition coefficient (Wildman–Crippen LogP) is 4.99. The maximum atomic E-state index is 14.6. The molecule has 9 nitrogen and oxygen atoms in total. The molecule has 0 aliphatic rings. The lowest BCUT2D eigenvalue weighted by Crippen LogP contribution is -2.20. The lowest BCUT2D eigenvalue weighted by molar-refractivity contribution is 0.425. The van der Waals surface area contributed by atoms with Gasteiger partial charge in [-0.05, 0) is 57.4 Å². The summed E-state index contributed by atoms with van der Waals surface area (Å²) >= 11 is 0. The number of anilines is 1. The van der Waals surface area contributed by atoms with Crippen LogP contribution >= 0.6 is 0 Å². The second-order valence-corrected chi connectivity index (χ2v) is 9.68. The van der Waals surface area contributed by atoms with E-state index in [2.05, 4.69) is 52.1 Å². The van der Waals surface area contributed by atoms with E-state index in [0.717, 1.165) is 40.0 Å². The zero-order valence-electron chi connectivity index (χ0n) is 21.7. The van der Waals surface area contributed by atoms with Crippen molar-refractivity contribution in [2.24, 2.45) is 7.05 Å². The number of imidazole rings is 2. The van der Waals surface area contributed by atoms with Crippen molar-refractivity contribution in [2.75, 3.05) is 32.5 Å². The minimum atomic E-state index is -0.333. The molecule has 0 spiro atoms. The maximum Gasteiger partial charge on any atom is 0.159 e. The molecular formula is C28H28FN9. The fourth-order valence-electron chi connectivity index (χ4n) is 4.64. The summed E-state index contributed by atoms with van der Waals surface area (Å²) in [5.74, 6) is 1.22. The predicted molar refractivity (Wildman–Crippen MR) is 148 cm³/mol. The van der Waals surface area contributed by atoms with E-state index >= 15 is 0 Å². The molecule has 6 rings (SSSR count). The Morgan fingerprint density at radius 1 is 1.00 bits per heavy atom. The lowest BCUT2D eigenvalue weighted by atomic mass is 10.1. The molecule has 6 aromatic rings. The summed E-state index contributed by atoms with van der Waals surface area (Å²) in [6, 6.07) is 12.9. The summed E-state index contributed by atoms with van der Waals surface area (Å²) in [4.78, 5) is 19.3. The van der Waals surface area contributed by atoms with E-state index < -0.39 is 0 Å². The van der Waals surface area contributed by atoms with Crippen LogP contribution in [-0.4, -0.2) is 66.8 Å². The van der Waals surface area contributed by atoms with E-state index in [0.29, 0.717) is 40.5 Å². The Kier molecular flexibility index (Phi) is 5.88. The van der Waals surface area contributed by atoms with Gasteiger partial charge in [0.15, 0.2) is 5.82 Å². The van der Waals surface area contributed by atoms with Gasteiger partial charge in [0.2, 0.25) is 0 Å². The quantitative estimate of drug-likeness (QED) is 0.280. The number of hydrogen-bond donors (Lipinski definition) is 3. The number of H-pyrrole nitrogens is 2. The molecule has 0 unspecified atom stereocenters. The highest BCUT2D eigenvalue weighted by molar-refractivity contribution is 5.97. The third kappa shape index (κ3) is 4.28. The van der Waals surface area contributed by atoms with Crippen molar-refractivity contribution in [3.05, 3.63) is 66.5 Å². The topological polar surface area (TPSA) is 103 Å². The Bertz CT molecular complexity index is 1780. The van der Waals surface area contributed by atoms with Crippen LogP contribution in [0, 0.1) is 12.7 Å². The fourth-order valence-corrected chi connectivity index (χ4v) is 4.64. The number of likely N-dealkylation sites (N-methyl/N-ethyl adjacent to an activating group) is 1. The second-order valence-electron chi connectivity index (χ2n) is 9.68. The van der Waals surface area contributed by atoms with E-state index in [-0.39, 0.29) is 5.82 Å². The molecule has 192 valence electrons. The van der Waals surface area contributed by atoms with Gasteiger partial charge in [0.1, 0.15) is 22.9 Å². The van der Waals surface area contributed by atoms with E-state index in [4.69, 9.17) is 4.98 Å². The van der Waals surface area contributed by atoms with Crippen molar-refractivity contribution >= 4 is 27.6 Å². The number of fused-ring (bicyclic) bond motifs is 2. The van der Waals surface area contributed by atoms with Crippen LogP contribution in [0.5, 0.6) is 0 Å². The summed E-state index contributed by atoms with van der Waals surface area (Å²) in [6.07, 6.45) is 3.58. The number of aryl methyl sites for hydroxylation is 1. The van der Waals surface area contributed by atoms with Crippen molar-refractivity contribution in [3.8, 4) is 34.0 Å². The van der Waals surface area contributed by atoms with E-state index in [1.54, 1.807) is 6.20 Å². The van der Waals surface area contributed by atoms with E-state index in [1.807, 2.05) is 52.5 Å². The largest absolute Gasteiger partial charge is 0.384 e. The number of rotatable bonds is 7. The standard InChI is InChI=1S/C28H28FN9/c1-16-32-15-24(38(16)4)17-5-6-22-21(13-17)26(36-35-22)28-33-23-7-8-31-25(27(23)34-28)18-11-19(29)14-20(12-18)30-9-10-37(2)3/h5-8,11-15,30H,9-10H2,1-4H3,(H,33,34)(H,35,36). The average molecular weight is 510 g/mol. The van der Waals surface area contributed by atoms with Gasteiger partial charge >= 0.3 is 0 Å². The smallest absolute Gasteiger partial charge is 0.159 e. The zero-order chi connectivity index (χ0) is 26.4. The Labute approximate surface area is 218 Å². The molecule has 38 heavy (non-hydrogen) atoms. The summed E-state index contributed by atoms with van der Waals surface area (Å²) in [5, 5.41) is 11.9. The molecule has 0 fully saturated rings. The normalized spacial score (nSPS) is 11.7. The van der Waals surface area contributed by atoms with Crippen molar-refractivity contribution in [3.63, 3.8) is 0 Å². The van der Waals surface area contributed by atoms with Gasteiger partial charge in [0.25, 0.3) is 0 Å². The molecule has 4 aromatic heterocycles. The minimum absolute atomic E-state index is 0.333. The molecule has 0 atom stereocenters. The number of halogens is 1. The highest BCUT2D eigenvalue weighted by Gasteiger charge is 2.18. The molecule has 0 aliphatic carbocycles. The van der Waals surface area contributed by atoms with Gasteiger partial charge in [-0.15, -0.1) is 0 Å². The summed E-state index contributed by atoms with van der Waals surface area (Å²) in [6.45, 7) is 3.52. The van der Waals surface area contributed by atoms with Crippen LogP contribution in [0.15, 0.2) is 54.9 Å². The molecule has 0 saturated heterocycles. The maximum absolute atomic E-state index is 14.6. The number of nitrogens with zero attached hydrogens (tertiary/aromatic N) is 6. The third-order valence-electron chi connectivity index (χ3n) is 6.76. The van der Waals surface area contributed by atoms with Crippen LogP contribution < -0.4 is 5.32 Å². The molecule has 10 heteroatoms. The second kappa shape index (κ2) is 9.38. The highest BCUT2D eigenvalue weighted by Crippen LogP contribution is 2.33. The third-order valence-corrected chi connectivity index (χ3v) is 6.76. The number of nitrogens with one attached hydrogen (secondary N) is 3. The molecule has 0 saturated carbocycles. The van der Waals surface area contributed by atoms with Gasteiger partial charge in [0.05, 0.1) is 28.6 Å². The van der Waals surface area contributed by atoms with Crippen LogP contribution in [0.3, 0.4) is 0 Å². The van der Waals surface area contributed by atoms with E-state index in [1.165, 1.54) is 12.1 Å². The summed E-state index contributed by atoms with van der Waals surface area (Å²) < 4.78 is 16.6. The number of pyridine rings is 1. The van der Waals surface area contributed by atoms with Crippen LogP contribution in [0.4, 0.5) is 10.1 Å². The van der Waals surface area contributed by atoms with E-state index in [9.17, 15) is 4.39 Å². The van der Waals surface area contributed by atoms with Gasteiger partial charge < -0.3 is 19.8 Å². The molecule has 0 radical (unpaired) electrons. The number of aromatic amines is 2. The molecule has 4 heterocycles. The van der Waals surface area contributed by atoms with Crippen LogP contribution in [0.1, 0.15) is 5.82 Å². The first-order valence-electron chi connectivity index (χ1n) is 12.4. The molecule has 2 aromatic carbocycles. The lowest BCUT2D eigenvalue weighted by Gasteiger charge is -2.12. The molecule has 0 bridgehead atoms. The Morgan fingerprint density at radius 3 is 2.66 bits per heavy atom. The van der Waals surface area contributed by atoms with Gasteiger partial charge in [-0.3, -0.25) is 10.1 Å². The SMILES string of the molecule is Cc1ncc(-c2ccc3[nH]nc(-c4nc5c(-c6cc(F)cc(NCCN(C)C)c6)nccc5[nH]4)c3c2)n1C. The van der Waals surface area contributed by atoms with Gasteiger partial charge in [-0.25, -0.2) is 14.4 Å². The average Bonchev–Trinajstić information content (AvgIpc) is 3.59. The number of benzene rings is 2. The van der Waals surface area contributed by atoms with Crippen molar-refractivity contribution in [2.45, 2.75) is 6.92 Å². The molecule has 0 amide bonds. The number of hydrogen-bond acceptors (Lipinski definition) is 6. The Balaban J connectivity index is 1.41. The highest BCUT2D eigenvalue weighted by atomic mass is 19.1. The zero-order valence-corrected chi connectivity index (χ0v) is 21.7. The van der Waals surface area contributed by atoms with Crippen molar-refractivity contribution in [1.82, 2.24) is 39.6 Å². The first-order chi connectivity index (χ1) is 18.4. The summed E-state index contributed by atoms with van der Waals surface area (Å²) in [5.41, 5.74) is 7.07. The first-order valence-corrected chi connectivity index (χ1v) is 12.4. The Hall–Kier alpha value is -4.57. The van der Waals surface area contributed by atoms with Crippen LogP contribution in [0.25, 0.3) is 56.0 Å². The summed E-state index contributed by atoms with van der Waals surface area (Å²) in [7, 11) is 6.00. The van der Waals surface area contributed by atoms with Gasteiger partial charge in [-0.1, -0.05) is 6.07 Å². The molecule has 0 aliphatic heterocycles. The first kappa shape index (κ1) is 23.8. The van der Waals surface area contributed by atoms with Gasteiger partial charge in [-0.2, -0.15) is 5.10 Å². The Morgan fingerprint density at radius 2 is 1.87 bits per heavy atom. The number of aromatic nitrogens is 7. The fraction of sp³-hybridized carbons (Fsp3) is 0.214. The van der Waals surface area contributed by atoms with Gasteiger partial charge in [0, 0.05) is 48.5 Å². The van der Waals surface area contributed by atoms with Crippen LogP contribution in [0.2, 0.25) is 0 Å². The van der Waals surface area contributed by atoms with Crippen molar-refractivity contribution < 1.29 is 4.39 Å². The molecular weight excluding hydrogens is 481 g/mol. The monoisotopic (exact) mass is 509 g/mol. The van der Waals surface area contributed by atoms with Crippen LogP contribution in [-0.2, 0) is 7.05 Å².